The van der Waals surface area contributed by atoms with E-state index in [4.69, 9.17) is 4.74 Å². The van der Waals surface area contributed by atoms with Crippen LogP contribution in [0.25, 0.3) is 0 Å². The zero-order chi connectivity index (χ0) is 15.2. The standard InChI is InChI=1S/C20H25NO/c1-2-22-20-11-7-6-10-19(20)18-12-14-21(15-13-18)16-17-8-4-3-5-9-17/h3-11,18H,2,12-16H2,1H3. The Balaban J connectivity index is 1.60. The van der Waals surface area contributed by atoms with Gasteiger partial charge in [0, 0.05) is 6.54 Å². The van der Waals surface area contributed by atoms with Crippen molar-refractivity contribution in [3.8, 4) is 5.75 Å². The summed E-state index contributed by atoms with van der Waals surface area (Å²) in [5, 5.41) is 0. The number of hydrogen-bond acceptors (Lipinski definition) is 2. The number of hydrogen-bond donors (Lipinski definition) is 0. The van der Waals surface area contributed by atoms with E-state index in [1.165, 1.54) is 37.1 Å². The quantitative estimate of drug-likeness (QED) is 0.807. The average Bonchev–Trinajstić information content (AvgIpc) is 2.58. The molecule has 0 spiro atoms. The summed E-state index contributed by atoms with van der Waals surface area (Å²) >= 11 is 0. The Morgan fingerprint density at radius 1 is 0.955 bits per heavy atom. The molecular weight excluding hydrogens is 270 g/mol. The molecule has 3 rings (SSSR count). The zero-order valence-electron chi connectivity index (χ0n) is 13.4. The predicted octanol–water partition coefficient (Wildman–Crippen LogP) is 4.46. The lowest BCUT2D eigenvalue weighted by atomic mass is 9.88. The number of benzene rings is 2. The van der Waals surface area contributed by atoms with Crippen molar-refractivity contribution in [1.29, 1.82) is 0 Å². The van der Waals surface area contributed by atoms with Gasteiger partial charge in [0.15, 0.2) is 0 Å². The lowest BCUT2D eigenvalue weighted by molar-refractivity contribution is 0.202. The van der Waals surface area contributed by atoms with Crippen molar-refractivity contribution in [3.63, 3.8) is 0 Å². The van der Waals surface area contributed by atoms with E-state index in [0.29, 0.717) is 5.92 Å². The van der Waals surface area contributed by atoms with Gasteiger partial charge < -0.3 is 4.74 Å². The first-order valence-corrected chi connectivity index (χ1v) is 8.35. The van der Waals surface area contributed by atoms with Gasteiger partial charge in [0.1, 0.15) is 5.75 Å². The van der Waals surface area contributed by atoms with Gasteiger partial charge in [0.25, 0.3) is 0 Å². The Morgan fingerprint density at radius 2 is 1.64 bits per heavy atom. The summed E-state index contributed by atoms with van der Waals surface area (Å²) in [4.78, 5) is 2.56. The van der Waals surface area contributed by atoms with Gasteiger partial charge in [-0.25, -0.2) is 0 Å². The molecule has 0 amide bonds. The van der Waals surface area contributed by atoms with Crippen LogP contribution in [0.5, 0.6) is 5.75 Å². The van der Waals surface area contributed by atoms with Gasteiger partial charge in [0.05, 0.1) is 6.61 Å². The highest BCUT2D eigenvalue weighted by Gasteiger charge is 2.22. The summed E-state index contributed by atoms with van der Waals surface area (Å²) in [6, 6.07) is 19.3. The molecule has 0 aliphatic carbocycles. The van der Waals surface area contributed by atoms with Crippen molar-refractivity contribution < 1.29 is 4.74 Å². The molecule has 0 aromatic heterocycles. The lowest BCUT2D eigenvalue weighted by Crippen LogP contribution is -2.32. The molecular formula is C20H25NO. The fourth-order valence-corrected chi connectivity index (χ4v) is 3.35. The van der Waals surface area contributed by atoms with Crippen LogP contribution in [-0.2, 0) is 6.54 Å². The highest BCUT2D eigenvalue weighted by atomic mass is 16.5. The Bertz CT molecular complexity index is 573. The third-order valence-electron chi connectivity index (χ3n) is 4.50. The van der Waals surface area contributed by atoms with Crippen molar-refractivity contribution in [1.82, 2.24) is 4.90 Å². The minimum Gasteiger partial charge on any atom is -0.494 e. The van der Waals surface area contributed by atoms with Crippen LogP contribution < -0.4 is 4.74 Å². The number of rotatable bonds is 5. The van der Waals surface area contributed by atoms with Gasteiger partial charge in [0.2, 0.25) is 0 Å². The van der Waals surface area contributed by atoms with Crippen molar-refractivity contribution in [2.24, 2.45) is 0 Å². The molecule has 0 radical (unpaired) electrons. The van der Waals surface area contributed by atoms with Crippen LogP contribution in [0.2, 0.25) is 0 Å². The first-order valence-electron chi connectivity index (χ1n) is 8.35. The van der Waals surface area contributed by atoms with Gasteiger partial charge >= 0.3 is 0 Å². The Hall–Kier alpha value is -1.80. The van der Waals surface area contributed by atoms with E-state index in [2.05, 4.69) is 66.4 Å². The van der Waals surface area contributed by atoms with Crippen LogP contribution in [0.1, 0.15) is 36.8 Å². The van der Waals surface area contributed by atoms with Gasteiger partial charge in [-0.3, -0.25) is 4.90 Å². The van der Waals surface area contributed by atoms with Crippen LogP contribution in [0.15, 0.2) is 54.6 Å². The fourth-order valence-electron chi connectivity index (χ4n) is 3.35. The fraction of sp³-hybridized carbons (Fsp3) is 0.400. The molecule has 1 heterocycles. The molecule has 0 atom stereocenters. The van der Waals surface area contributed by atoms with E-state index >= 15 is 0 Å². The SMILES string of the molecule is CCOc1ccccc1C1CCN(Cc2ccccc2)CC1. The molecule has 116 valence electrons. The van der Waals surface area contributed by atoms with Crippen molar-refractivity contribution in [2.45, 2.75) is 32.2 Å². The predicted molar refractivity (Wildman–Crippen MR) is 91.3 cm³/mol. The van der Waals surface area contributed by atoms with Crippen LogP contribution in [-0.4, -0.2) is 24.6 Å². The summed E-state index contributed by atoms with van der Waals surface area (Å²) in [6.07, 6.45) is 2.44. The number of piperidine rings is 1. The maximum atomic E-state index is 5.80. The highest BCUT2D eigenvalue weighted by molar-refractivity contribution is 5.36. The van der Waals surface area contributed by atoms with Crippen LogP contribution in [0.4, 0.5) is 0 Å². The Kier molecular flexibility index (Phi) is 5.12. The first kappa shape index (κ1) is 15.1. The summed E-state index contributed by atoms with van der Waals surface area (Å²) in [6.45, 7) is 6.20. The summed E-state index contributed by atoms with van der Waals surface area (Å²) in [5.41, 5.74) is 2.80. The summed E-state index contributed by atoms with van der Waals surface area (Å²) in [7, 11) is 0. The molecule has 2 heteroatoms. The largest absolute Gasteiger partial charge is 0.494 e. The Labute approximate surface area is 133 Å². The molecule has 1 fully saturated rings. The van der Waals surface area contributed by atoms with E-state index in [-0.39, 0.29) is 0 Å². The molecule has 1 aliphatic heterocycles. The van der Waals surface area contributed by atoms with Gasteiger partial charge in [-0.15, -0.1) is 0 Å². The second-order valence-corrected chi connectivity index (χ2v) is 6.01. The minimum absolute atomic E-state index is 0.634. The molecule has 2 aromatic rings. The first-order chi connectivity index (χ1) is 10.9. The number of ether oxygens (including phenoxy) is 1. The monoisotopic (exact) mass is 295 g/mol. The van der Waals surface area contributed by atoms with E-state index in [1.807, 2.05) is 0 Å². The smallest absolute Gasteiger partial charge is 0.122 e. The van der Waals surface area contributed by atoms with Crippen molar-refractivity contribution in [2.75, 3.05) is 19.7 Å². The van der Waals surface area contributed by atoms with Crippen molar-refractivity contribution in [3.05, 3.63) is 65.7 Å². The number of nitrogens with zero attached hydrogens (tertiary/aromatic N) is 1. The second kappa shape index (κ2) is 7.46. The topological polar surface area (TPSA) is 12.5 Å². The number of para-hydroxylation sites is 1. The molecule has 0 N–H and O–H groups in total. The Morgan fingerprint density at radius 3 is 2.36 bits per heavy atom. The third kappa shape index (κ3) is 3.69. The van der Waals surface area contributed by atoms with E-state index in [1.54, 1.807) is 0 Å². The number of likely N-dealkylation sites (tertiary alicyclic amines) is 1. The van der Waals surface area contributed by atoms with Crippen molar-refractivity contribution >= 4 is 0 Å². The van der Waals surface area contributed by atoms with Crippen LogP contribution in [0, 0.1) is 0 Å². The van der Waals surface area contributed by atoms with Gasteiger partial charge in [-0.1, -0.05) is 48.5 Å². The molecule has 0 saturated carbocycles. The maximum absolute atomic E-state index is 5.80. The minimum atomic E-state index is 0.634. The molecule has 2 aromatic carbocycles. The van der Waals surface area contributed by atoms with Gasteiger partial charge in [-0.2, -0.15) is 0 Å². The normalized spacial score (nSPS) is 16.6. The average molecular weight is 295 g/mol. The van der Waals surface area contributed by atoms with Crippen LogP contribution >= 0.6 is 0 Å². The molecule has 2 nitrogen and oxygen atoms in total. The zero-order valence-corrected chi connectivity index (χ0v) is 13.4. The maximum Gasteiger partial charge on any atom is 0.122 e. The summed E-state index contributed by atoms with van der Waals surface area (Å²) in [5.74, 6) is 1.71. The van der Waals surface area contributed by atoms with E-state index in [0.717, 1.165) is 18.9 Å². The van der Waals surface area contributed by atoms with Gasteiger partial charge in [-0.05, 0) is 56.0 Å². The lowest BCUT2D eigenvalue weighted by Gasteiger charge is -2.32. The molecule has 1 aliphatic rings. The van der Waals surface area contributed by atoms with E-state index in [9.17, 15) is 0 Å². The molecule has 0 bridgehead atoms. The van der Waals surface area contributed by atoms with E-state index < -0.39 is 0 Å². The molecule has 0 unspecified atom stereocenters. The third-order valence-corrected chi connectivity index (χ3v) is 4.50. The molecule has 1 saturated heterocycles. The molecule has 22 heavy (non-hydrogen) atoms. The van der Waals surface area contributed by atoms with Crippen LogP contribution in [0.3, 0.4) is 0 Å². The second-order valence-electron chi connectivity index (χ2n) is 6.01. The summed E-state index contributed by atoms with van der Waals surface area (Å²) < 4.78 is 5.80. The highest BCUT2D eigenvalue weighted by Crippen LogP contribution is 2.34.